The lowest BCUT2D eigenvalue weighted by Crippen LogP contribution is -2.44. The Morgan fingerprint density at radius 3 is 2.70 bits per heavy atom. The summed E-state index contributed by atoms with van der Waals surface area (Å²) in [7, 11) is 1.45. The van der Waals surface area contributed by atoms with Gasteiger partial charge in [0.25, 0.3) is 0 Å². The summed E-state index contributed by atoms with van der Waals surface area (Å²) < 4.78 is 7.02. The molecule has 1 saturated carbocycles. The van der Waals surface area contributed by atoms with E-state index in [1.165, 1.54) is 7.11 Å². The maximum atomic E-state index is 12.3. The molecule has 0 aliphatic heterocycles. The van der Waals surface area contributed by atoms with Gasteiger partial charge in [0, 0.05) is 25.2 Å². The third kappa shape index (κ3) is 2.59. The van der Waals surface area contributed by atoms with Gasteiger partial charge in [-0.15, -0.1) is 0 Å². The van der Waals surface area contributed by atoms with Gasteiger partial charge in [0.15, 0.2) is 0 Å². The molecule has 0 aromatic carbocycles. The standard InChI is InChI=1S/C15H25N3O2/c1-4-12-8-13(18(5-2)17-12)9-15(10-16,11-6-7-11)14(19)20-3/h8,11H,4-7,9-10,16H2,1-3H3. The first-order valence-electron chi connectivity index (χ1n) is 7.45. The predicted octanol–water partition coefficient (Wildman–Crippen LogP) is 1.54. The Kier molecular flexibility index (Phi) is 4.48. The molecule has 0 spiro atoms. The van der Waals surface area contributed by atoms with Crippen LogP contribution in [0.5, 0.6) is 0 Å². The second-order valence-electron chi connectivity index (χ2n) is 5.60. The van der Waals surface area contributed by atoms with E-state index >= 15 is 0 Å². The average Bonchev–Trinajstić information content (AvgIpc) is 3.25. The van der Waals surface area contributed by atoms with Crippen LogP contribution in [-0.2, 0) is 28.9 Å². The summed E-state index contributed by atoms with van der Waals surface area (Å²) in [5.41, 5.74) is 7.55. The maximum absolute atomic E-state index is 12.3. The molecule has 0 saturated heterocycles. The van der Waals surface area contributed by atoms with Crippen molar-refractivity contribution in [2.75, 3.05) is 13.7 Å². The van der Waals surface area contributed by atoms with Crippen molar-refractivity contribution in [3.63, 3.8) is 0 Å². The fourth-order valence-corrected chi connectivity index (χ4v) is 2.97. The summed E-state index contributed by atoms with van der Waals surface area (Å²) in [6.07, 6.45) is 3.65. The molecule has 1 aromatic heterocycles. The van der Waals surface area contributed by atoms with Crippen LogP contribution in [0.3, 0.4) is 0 Å². The summed E-state index contributed by atoms with van der Waals surface area (Å²) in [6.45, 7) is 5.29. The van der Waals surface area contributed by atoms with Gasteiger partial charge in [0.05, 0.1) is 18.2 Å². The van der Waals surface area contributed by atoms with Crippen molar-refractivity contribution in [2.24, 2.45) is 17.1 Å². The van der Waals surface area contributed by atoms with Crippen LogP contribution in [0, 0.1) is 11.3 Å². The number of nitrogens with zero attached hydrogens (tertiary/aromatic N) is 2. The molecule has 1 aromatic rings. The summed E-state index contributed by atoms with van der Waals surface area (Å²) in [5.74, 6) is 0.176. The van der Waals surface area contributed by atoms with E-state index in [2.05, 4.69) is 25.0 Å². The second-order valence-corrected chi connectivity index (χ2v) is 5.60. The van der Waals surface area contributed by atoms with Crippen molar-refractivity contribution in [3.8, 4) is 0 Å². The quantitative estimate of drug-likeness (QED) is 0.769. The average molecular weight is 279 g/mol. The van der Waals surface area contributed by atoms with Crippen molar-refractivity contribution in [1.29, 1.82) is 0 Å². The number of hydrogen-bond acceptors (Lipinski definition) is 4. The molecular weight excluding hydrogens is 254 g/mol. The van der Waals surface area contributed by atoms with Crippen molar-refractivity contribution in [2.45, 2.75) is 46.1 Å². The minimum atomic E-state index is -0.577. The fourth-order valence-electron chi connectivity index (χ4n) is 2.97. The Balaban J connectivity index is 2.32. The largest absolute Gasteiger partial charge is 0.469 e. The van der Waals surface area contributed by atoms with E-state index < -0.39 is 5.41 Å². The first-order chi connectivity index (χ1) is 9.61. The highest BCUT2D eigenvalue weighted by Crippen LogP contribution is 2.47. The summed E-state index contributed by atoms with van der Waals surface area (Å²) in [5, 5.41) is 4.55. The first-order valence-corrected chi connectivity index (χ1v) is 7.45. The molecule has 5 nitrogen and oxygen atoms in total. The zero-order valence-electron chi connectivity index (χ0n) is 12.7. The molecule has 0 bridgehead atoms. The molecule has 1 aliphatic carbocycles. The molecule has 5 heteroatoms. The van der Waals surface area contributed by atoms with E-state index in [9.17, 15) is 4.79 Å². The van der Waals surface area contributed by atoms with Crippen LogP contribution >= 0.6 is 0 Å². The fraction of sp³-hybridized carbons (Fsp3) is 0.733. The number of rotatable bonds is 7. The Morgan fingerprint density at radius 1 is 1.55 bits per heavy atom. The second kappa shape index (κ2) is 5.95. The topological polar surface area (TPSA) is 70.1 Å². The van der Waals surface area contributed by atoms with Gasteiger partial charge in [0.2, 0.25) is 0 Å². The predicted molar refractivity (Wildman–Crippen MR) is 77.2 cm³/mol. The van der Waals surface area contributed by atoms with Crippen molar-refractivity contribution >= 4 is 5.97 Å². The number of hydrogen-bond donors (Lipinski definition) is 1. The number of nitrogens with two attached hydrogens (primary N) is 1. The van der Waals surface area contributed by atoms with Crippen LogP contribution in [0.1, 0.15) is 38.1 Å². The zero-order valence-corrected chi connectivity index (χ0v) is 12.7. The van der Waals surface area contributed by atoms with Crippen LogP contribution in [0.15, 0.2) is 6.07 Å². The van der Waals surface area contributed by atoms with Gasteiger partial charge in [-0.05, 0) is 38.2 Å². The smallest absolute Gasteiger partial charge is 0.313 e. The molecule has 1 unspecified atom stereocenters. The Hall–Kier alpha value is -1.36. The Morgan fingerprint density at radius 2 is 2.25 bits per heavy atom. The van der Waals surface area contributed by atoms with Gasteiger partial charge in [-0.25, -0.2) is 0 Å². The van der Waals surface area contributed by atoms with E-state index in [1.807, 2.05) is 4.68 Å². The summed E-state index contributed by atoms with van der Waals surface area (Å²) >= 11 is 0. The van der Waals surface area contributed by atoms with Crippen molar-refractivity contribution in [3.05, 3.63) is 17.5 Å². The molecule has 1 fully saturated rings. The van der Waals surface area contributed by atoms with Crippen molar-refractivity contribution in [1.82, 2.24) is 9.78 Å². The first kappa shape index (κ1) is 15.0. The molecule has 2 rings (SSSR count). The highest BCUT2D eigenvalue weighted by atomic mass is 16.5. The minimum absolute atomic E-state index is 0.176. The van der Waals surface area contributed by atoms with Crippen LogP contribution < -0.4 is 5.73 Å². The lowest BCUT2D eigenvalue weighted by atomic mass is 9.78. The molecule has 112 valence electrons. The summed E-state index contributed by atoms with van der Waals surface area (Å²) in [4.78, 5) is 12.3. The molecule has 1 heterocycles. The highest BCUT2D eigenvalue weighted by molar-refractivity contribution is 5.78. The van der Waals surface area contributed by atoms with Gasteiger partial charge in [-0.2, -0.15) is 5.10 Å². The van der Waals surface area contributed by atoms with E-state index in [0.29, 0.717) is 18.9 Å². The van der Waals surface area contributed by atoms with Crippen LogP contribution in [0.2, 0.25) is 0 Å². The lowest BCUT2D eigenvalue weighted by Gasteiger charge is -2.29. The molecule has 1 atom stereocenters. The Labute approximate surface area is 120 Å². The third-order valence-electron chi connectivity index (χ3n) is 4.39. The van der Waals surface area contributed by atoms with E-state index in [4.69, 9.17) is 10.5 Å². The van der Waals surface area contributed by atoms with E-state index in [0.717, 1.165) is 37.2 Å². The number of ether oxygens (including phenoxy) is 1. The molecule has 1 aliphatic rings. The highest BCUT2D eigenvalue weighted by Gasteiger charge is 2.51. The number of carbonyl (C=O) groups excluding carboxylic acids is 1. The maximum Gasteiger partial charge on any atom is 0.313 e. The number of aromatic nitrogens is 2. The molecule has 0 radical (unpaired) electrons. The summed E-state index contributed by atoms with van der Waals surface area (Å²) in [6, 6.07) is 2.10. The van der Waals surface area contributed by atoms with E-state index in [-0.39, 0.29) is 5.97 Å². The number of methoxy groups -OCH3 is 1. The number of esters is 1. The molecule has 2 N–H and O–H groups in total. The molecule has 20 heavy (non-hydrogen) atoms. The van der Waals surface area contributed by atoms with Crippen LogP contribution in [-0.4, -0.2) is 29.4 Å². The normalized spacial score (nSPS) is 17.8. The van der Waals surface area contributed by atoms with Crippen LogP contribution in [0.4, 0.5) is 0 Å². The lowest BCUT2D eigenvalue weighted by molar-refractivity contribution is -0.153. The van der Waals surface area contributed by atoms with E-state index in [1.54, 1.807) is 0 Å². The van der Waals surface area contributed by atoms with Crippen molar-refractivity contribution < 1.29 is 9.53 Å². The number of carbonyl (C=O) groups is 1. The van der Waals surface area contributed by atoms with Gasteiger partial charge in [0.1, 0.15) is 0 Å². The van der Waals surface area contributed by atoms with Gasteiger partial charge < -0.3 is 10.5 Å². The Bertz CT molecular complexity index is 479. The third-order valence-corrected chi connectivity index (χ3v) is 4.39. The minimum Gasteiger partial charge on any atom is -0.469 e. The molecule has 0 amide bonds. The number of aryl methyl sites for hydroxylation is 2. The van der Waals surface area contributed by atoms with Crippen LogP contribution in [0.25, 0.3) is 0 Å². The SMILES string of the molecule is CCc1cc(CC(CN)(C(=O)OC)C2CC2)n(CC)n1. The van der Waals surface area contributed by atoms with Gasteiger partial charge >= 0.3 is 5.97 Å². The zero-order chi connectivity index (χ0) is 14.8. The van der Waals surface area contributed by atoms with Gasteiger partial charge in [-0.3, -0.25) is 9.48 Å². The molecular formula is C15H25N3O2. The van der Waals surface area contributed by atoms with Gasteiger partial charge in [-0.1, -0.05) is 6.92 Å². The monoisotopic (exact) mass is 279 g/mol.